The number of nitrogens with one attached hydrogen (secondary N) is 1. The molecule has 0 aromatic heterocycles. The van der Waals surface area contributed by atoms with Gasteiger partial charge in [0, 0.05) is 32.3 Å². The van der Waals surface area contributed by atoms with Gasteiger partial charge in [0.2, 0.25) is 0 Å². The quantitative estimate of drug-likeness (QED) is 0.870. The van der Waals surface area contributed by atoms with Gasteiger partial charge in [-0.15, -0.1) is 0 Å². The summed E-state index contributed by atoms with van der Waals surface area (Å²) in [4.78, 5) is 2.59. The molecule has 116 valence electrons. The third-order valence-corrected chi connectivity index (χ3v) is 4.74. The molecule has 1 aromatic carbocycles. The first-order valence-electron chi connectivity index (χ1n) is 8.51. The van der Waals surface area contributed by atoms with E-state index in [1.165, 1.54) is 57.3 Å². The third kappa shape index (κ3) is 4.80. The van der Waals surface area contributed by atoms with Crippen LogP contribution in [0.2, 0.25) is 0 Å². The second-order valence-corrected chi connectivity index (χ2v) is 6.42. The van der Waals surface area contributed by atoms with Crippen molar-refractivity contribution >= 4 is 0 Å². The van der Waals surface area contributed by atoms with Crippen LogP contribution in [0.1, 0.15) is 31.2 Å². The maximum Gasteiger partial charge on any atom is 0.0699 e. The molecule has 0 bridgehead atoms. The predicted molar refractivity (Wildman–Crippen MR) is 86.6 cm³/mol. The molecule has 2 unspecified atom stereocenters. The molecule has 0 amide bonds. The van der Waals surface area contributed by atoms with Gasteiger partial charge in [-0.3, -0.25) is 0 Å². The molecule has 21 heavy (non-hydrogen) atoms. The Bertz CT molecular complexity index is 403. The van der Waals surface area contributed by atoms with E-state index >= 15 is 0 Å². The average molecular weight is 288 g/mol. The van der Waals surface area contributed by atoms with E-state index in [-0.39, 0.29) is 0 Å². The molecule has 0 aliphatic carbocycles. The van der Waals surface area contributed by atoms with Gasteiger partial charge in [-0.2, -0.15) is 0 Å². The van der Waals surface area contributed by atoms with E-state index in [2.05, 4.69) is 40.5 Å². The minimum absolute atomic E-state index is 0.456. The molecule has 2 aliphatic rings. The Kier molecular flexibility index (Phi) is 5.67. The highest BCUT2D eigenvalue weighted by atomic mass is 16.5. The van der Waals surface area contributed by atoms with Gasteiger partial charge in [-0.25, -0.2) is 0 Å². The monoisotopic (exact) mass is 288 g/mol. The van der Waals surface area contributed by atoms with E-state index in [1.807, 2.05) is 0 Å². The molecule has 0 radical (unpaired) electrons. The minimum Gasteiger partial charge on any atom is -0.377 e. The lowest BCUT2D eigenvalue weighted by Crippen LogP contribution is -2.39. The molecule has 2 atom stereocenters. The summed E-state index contributed by atoms with van der Waals surface area (Å²) in [5.74, 6) is 0. The summed E-state index contributed by atoms with van der Waals surface area (Å²) < 4.78 is 5.79. The van der Waals surface area contributed by atoms with Gasteiger partial charge >= 0.3 is 0 Å². The molecular formula is C18H28N2O. The zero-order chi connectivity index (χ0) is 14.3. The first kappa shape index (κ1) is 15.0. The predicted octanol–water partition coefficient (Wildman–Crippen LogP) is 2.46. The van der Waals surface area contributed by atoms with E-state index in [9.17, 15) is 0 Å². The number of likely N-dealkylation sites (tertiary alicyclic amines) is 1. The smallest absolute Gasteiger partial charge is 0.0699 e. The van der Waals surface area contributed by atoms with Gasteiger partial charge in [0.15, 0.2) is 0 Å². The molecule has 2 fully saturated rings. The van der Waals surface area contributed by atoms with Gasteiger partial charge in [0.05, 0.1) is 6.10 Å². The molecule has 3 heteroatoms. The Labute approximate surface area is 128 Å². The van der Waals surface area contributed by atoms with Gasteiger partial charge in [0.25, 0.3) is 0 Å². The molecule has 0 saturated carbocycles. The number of hydrogen-bond acceptors (Lipinski definition) is 3. The Morgan fingerprint density at radius 3 is 2.86 bits per heavy atom. The van der Waals surface area contributed by atoms with Crippen LogP contribution >= 0.6 is 0 Å². The number of ether oxygens (including phenoxy) is 1. The van der Waals surface area contributed by atoms with Gasteiger partial charge < -0.3 is 15.0 Å². The Morgan fingerprint density at radius 1 is 1.14 bits per heavy atom. The Hall–Kier alpha value is -0.900. The van der Waals surface area contributed by atoms with Crippen molar-refractivity contribution in [2.75, 3.05) is 32.8 Å². The van der Waals surface area contributed by atoms with Crippen molar-refractivity contribution in [3.8, 4) is 0 Å². The van der Waals surface area contributed by atoms with E-state index in [4.69, 9.17) is 4.74 Å². The van der Waals surface area contributed by atoms with E-state index in [0.29, 0.717) is 12.1 Å². The fraction of sp³-hybridized carbons (Fsp3) is 0.667. The molecule has 1 aromatic rings. The number of rotatable bonds is 6. The average Bonchev–Trinajstić information content (AvgIpc) is 3.01. The van der Waals surface area contributed by atoms with Crippen LogP contribution in [0.25, 0.3) is 0 Å². The van der Waals surface area contributed by atoms with E-state index in [1.54, 1.807) is 0 Å². The summed E-state index contributed by atoms with van der Waals surface area (Å²) in [6.45, 7) is 5.61. The highest BCUT2D eigenvalue weighted by molar-refractivity contribution is 5.14. The van der Waals surface area contributed by atoms with E-state index < -0.39 is 0 Å². The summed E-state index contributed by atoms with van der Waals surface area (Å²) in [6, 6.07) is 11.5. The minimum atomic E-state index is 0.456. The fourth-order valence-corrected chi connectivity index (χ4v) is 3.40. The highest BCUT2D eigenvalue weighted by Gasteiger charge is 2.23. The van der Waals surface area contributed by atoms with Crippen LogP contribution in [0.15, 0.2) is 30.3 Å². The standard InChI is InChI=1S/C18H28N2O/c1-2-6-16(7-3-1)9-11-20-12-10-17(15-20)19-14-18-8-4-5-13-21-18/h1-3,6-7,17-19H,4-5,8-15H2. The van der Waals surface area contributed by atoms with Crippen LogP contribution in [0.5, 0.6) is 0 Å². The van der Waals surface area contributed by atoms with Crippen molar-refractivity contribution in [3.05, 3.63) is 35.9 Å². The van der Waals surface area contributed by atoms with Crippen LogP contribution in [0.4, 0.5) is 0 Å². The zero-order valence-corrected chi connectivity index (χ0v) is 13.0. The molecule has 1 N–H and O–H groups in total. The van der Waals surface area contributed by atoms with Crippen LogP contribution in [0, 0.1) is 0 Å². The molecular weight excluding hydrogens is 260 g/mol. The Morgan fingerprint density at radius 2 is 2.05 bits per heavy atom. The molecule has 3 nitrogen and oxygen atoms in total. The first-order chi connectivity index (χ1) is 10.4. The van der Waals surface area contributed by atoms with Crippen LogP contribution in [-0.2, 0) is 11.2 Å². The van der Waals surface area contributed by atoms with Crippen molar-refractivity contribution in [3.63, 3.8) is 0 Å². The first-order valence-corrected chi connectivity index (χ1v) is 8.51. The second kappa shape index (κ2) is 7.92. The zero-order valence-electron chi connectivity index (χ0n) is 13.0. The number of benzene rings is 1. The fourth-order valence-electron chi connectivity index (χ4n) is 3.40. The SMILES string of the molecule is c1ccc(CCN2CCC(NCC3CCCCO3)C2)cc1. The topological polar surface area (TPSA) is 24.5 Å². The van der Waals surface area contributed by atoms with Crippen LogP contribution in [0.3, 0.4) is 0 Å². The number of hydrogen-bond donors (Lipinski definition) is 1. The lowest BCUT2D eigenvalue weighted by atomic mass is 10.1. The highest BCUT2D eigenvalue weighted by Crippen LogP contribution is 2.14. The normalized spacial score (nSPS) is 27.0. The van der Waals surface area contributed by atoms with Crippen molar-refractivity contribution < 1.29 is 4.74 Å². The molecule has 2 aliphatic heterocycles. The second-order valence-electron chi connectivity index (χ2n) is 6.42. The number of nitrogens with zero attached hydrogens (tertiary/aromatic N) is 1. The lowest BCUT2D eigenvalue weighted by molar-refractivity contribution is 0.0155. The van der Waals surface area contributed by atoms with Crippen molar-refractivity contribution in [2.45, 2.75) is 44.2 Å². The van der Waals surface area contributed by atoms with Gasteiger partial charge in [-0.1, -0.05) is 30.3 Å². The van der Waals surface area contributed by atoms with Crippen molar-refractivity contribution in [2.24, 2.45) is 0 Å². The maximum absolute atomic E-state index is 5.79. The summed E-state index contributed by atoms with van der Waals surface area (Å²) in [6.07, 6.45) is 6.71. The van der Waals surface area contributed by atoms with Crippen LogP contribution < -0.4 is 5.32 Å². The lowest BCUT2D eigenvalue weighted by Gasteiger charge is -2.24. The van der Waals surface area contributed by atoms with Crippen LogP contribution in [-0.4, -0.2) is 49.8 Å². The van der Waals surface area contributed by atoms with Gasteiger partial charge in [-0.05, 0) is 44.2 Å². The molecule has 0 spiro atoms. The maximum atomic E-state index is 5.79. The van der Waals surface area contributed by atoms with E-state index in [0.717, 1.165) is 13.2 Å². The Balaban J connectivity index is 1.33. The summed E-state index contributed by atoms with van der Waals surface area (Å²) >= 11 is 0. The largest absolute Gasteiger partial charge is 0.377 e. The van der Waals surface area contributed by atoms with Crippen molar-refractivity contribution in [1.29, 1.82) is 0 Å². The molecule has 2 heterocycles. The van der Waals surface area contributed by atoms with Crippen molar-refractivity contribution in [1.82, 2.24) is 10.2 Å². The summed E-state index contributed by atoms with van der Waals surface area (Å²) in [7, 11) is 0. The molecule has 3 rings (SSSR count). The van der Waals surface area contributed by atoms with Gasteiger partial charge in [0.1, 0.15) is 0 Å². The molecule has 2 saturated heterocycles. The third-order valence-electron chi connectivity index (χ3n) is 4.74. The summed E-state index contributed by atoms with van der Waals surface area (Å²) in [5.41, 5.74) is 1.45. The summed E-state index contributed by atoms with van der Waals surface area (Å²) in [5, 5.41) is 3.71.